The van der Waals surface area contributed by atoms with Gasteiger partial charge in [0.05, 0.1) is 19.8 Å². The highest BCUT2D eigenvalue weighted by Gasteiger charge is 2.46. The zero-order valence-electron chi connectivity index (χ0n) is 25.7. The number of amides is 1. The number of ether oxygens (including phenoxy) is 1. The highest BCUT2D eigenvalue weighted by Crippen LogP contribution is 2.40. The summed E-state index contributed by atoms with van der Waals surface area (Å²) in [6.45, 7) is 37.9. The van der Waals surface area contributed by atoms with Crippen LogP contribution in [0.2, 0.25) is 54.4 Å². The van der Waals surface area contributed by atoms with Crippen LogP contribution in [0.3, 0.4) is 0 Å². The van der Waals surface area contributed by atoms with E-state index in [2.05, 4.69) is 113 Å². The molecule has 35 heavy (non-hydrogen) atoms. The summed E-state index contributed by atoms with van der Waals surface area (Å²) in [6.07, 6.45) is 1.05. The van der Waals surface area contributed by atoms with Gasteiger partial charge in [-0.3, -0.25) is 0 Å². The Balaban J connectivity index is 6.34. The van der Waals surface area contributed by atoms with E-state index in [1.54, 1.807) is 6.08 Å². The van der Waals surface area contributed by atoms with Gasteiger partial charge in [-0.2, -0.15) is 0 Å². The second-order valence-corrected chi connectivity index (χ2v) is 28.9. The normalized spacial score (nSPS) is 14.6. The molecule has 0 saturated carbocycles. The molecule has 1 N–H and O–H groups in total. The monoisotopic (exact) mass is 547 g/mol. The zero-order valence-corrected chi connectivity index (χ0v) is 28.7. The molecule has 0 aromatic carbocycles. The molecule has 0 unspecified atom stereocenters. The molecule has 0 rings (SSSR count). The quantitative estimate of drug-likeness (QED) is 0.200. The van der Waals surface area contributed by atoms with Crippen LogP contribution in [0.25, 0.3) is 0 Å². The fourth-order valence-electron chi connectivity index (χ4n) is 2.23. The molecule has 0 bridgehead atoms. The molecule has 0 fully saturated rings. The van der Waals surface area contributed by atoms with Crippen LogP contribution < -0.4 is 5.32 Å². The van der Waals surface area contributed by atoms with Gasteiger partial charge in [-0.15, -0.1) is 0 Å². The lowest BCUT2D eigenvalue weighted by atomic mass is 10.0. The largest absolute Gasteiger partial charge is 0.445 e. The van der Waals surface area contributed by atoms with E-state index >= 15 is 0 Å². The smallest absolute Gasteiger partial charge is 0.408 e. The van der Waals surface area contributed by atoms with Crippen molar-refractivity contribution >= 4 is 31.0 Å². The third kappa shape index (κ3) is 10.4. The second-order valence-electron chi connectivity index (χ2n) is 14.4. The van der Waals surface area contributed by atoms with Gasteiger partial charge in [0.1, 0.15) is 12.1 Å². The Morgan fingerprint density at radius 2 is 0.971 bits per heavy atom. The molecule has 9 heteroatoms. The van der Waals surface area contributed by atoms with Crippen molar-refractivity contribution in [2.45, 2.75) is 122 Å². The van der Waals surface area contributed by atoms with Crippen LogP contribution in [-0.2, 0) is 18.0 Å². The Labute approximate surface area is 220 Å². The van der Waals surface area contributed by atoms with Crippen molar-refractivity contribution in [1.82, 2.24) is 5.32 Å². The molecule has 1 amide bonds. The van der Waals surface area contributed by atoms with Crippen LogP contribution in [0.5, 0.6) is 0 Å². The number of nitrogens with one attached hydrogen (secondary N) is 1. The fourth-order valence-corrected chi connectivity index (χ4v) is 5.44. The van der Waals surface area contributed by atoms with Gasteiger partial charge >= 0.3 is 6.09 Å². The molecule has 0 radical (unpaired) electrons. The van der Waals surface area contributed by atoms with Crippen molar-refractivity contribution in [3.05, 3.63) is 12.7 Å². The molecule has 0 aromatic heterocycles. The molecule has 0 atom stereocenters. The van der Waals surface area contributed by atoms with Crippen molar-refractivity contribution < 1.29 is 22.8 Å². The number of carbonyl (C=O) groups is 1. The maximum Gasteiger partial charge on any atom is 0.408 e. The number of alkyl carbamates (subject to hydrolysis) is 1. The molecule has 0 aromatic rings. The van der Waals surface area contributed by atoms with E-state index in [-0.39, 0.29) is 21.7 Å². The minimum atomic E-state index is -2.11. The molecule has 208 valence electrons. The predicted molar refractivity (Wildman–Crippen MR) is 157 cm³/mol. The van der Waals surface area contributed by atoms with E-state index in [9.17, 15) is 4.79 Å². The summed E-state index contributed by atoms with van der Waals surface area (Å²) >= 11 is 0. The lowest BCUT2D eigenvalue weighted by molar-refractivity contribution is 0.0485. The van der Waals surface area contributed by atoms with Gasteiger partial charge in [-0.05, 0) is 54.4 Å². The van der Waals surface area contributed by atoms with Gasteiger partial charge < -0.3 is 23.3 Å². The highest BCUT2D eigenvalue weighted by molar-refractivity contribution is 6.75. The summed E-state index contributed by atoms with van der Waals surface area (Å²) in [6, 6.07) is 0. The Bertz CT molecular complexity index is 627. The van der Waals surface area contributed by atoms with Crippen LogP contribution in [-0.4, -0.2) is 63.0 Å². The van der Waals surface area contributed by atoms with Gasteiger partial charge in [0, 0.05) is 0 Å². The maximum absolute atomic E-state index is 12.9. The fraction of sp³-hybridized carbons (Fsp3) is 0.885. The highest BCUT2D eigenvalue weighted by atomic mass is 28.4. The van der Waals surface area contributed by atoms with E-state index in [1.165, 1.54) is 0 Å². The second kappa shape index (κ2) is 11.9. The van der Waals surface area contributed by atoms with Crippen molar-refractivity contribution in [3.8, 4) is 0 Å². The predicted octanol–water partition coefficient (Wildman–Crippen LogP) is 7.70. The minimum Gasteiger partial charge on any atom is -0.445 e. The average Bonchev–Trinajstić information content (AvgIpc) is 2.65. The van der Waals surface area contributed by atoms with Gasteiger partial charge in [0.15, 0.2) is 25.0 Å². The summed E-state index contributed by atoms with van der Waals surface area (Å²) in [4.78, 5) is 12.9. The number of hydrogen-bond acceptors (Lipinski definition) is 5. The van der Waals surface area contributed by atoms with Crippen LogP contribution in [0.1, 0.15) is 62.3 Å². The summed E-state index contributed by atoms with van der Waals surface area (Å²) in [5.41, 5.74) is -0.876. The van der Waals surface area contributed by atoms with Gasteiger partial charge in [-0.25, -0.2) is 4.79 Å². The number of carbonyl (C=O) groups excluding carboxylic acids is 1. The molecular formula is C26H57NO5Si3. The van der Waals surface area contributed by atoms with Crippen molar-refractivity contribution in [2.24, 2.45) is 0 Å². The summed E-state index contributed by atoms with van der Waals surface area (Å²) < 4.78 is 25.4. The molecule has 0 aliphatic rings. The van der Waals surface area contributed by atoms with E-state index in [1.807, 2.05) is 0 Å². The molecule has 0 aliphatic heterocycles. The molecule has 0 spiro atoms. The molecule has 0 saturated heterocycles. The average molecular weight is 548 g/mol. The van der Waals surface area contributed by atoms with Crippen molar-refractivity contribution in [1.29, 1.82) is 0 Å². The Hall–Kier alpha value is -0.459. The SMILES string of the molecule is C=CCOC(=O)NC(CO[Si](C)(C)C(C)(C)C)(CO[Si](C)(C)C(C)(C)C)CO[Si](C)(C)C(C)(C)C. The first-order chi connectivity index (χ1) is 15.3. The molecule has 6 nitrogen and oxygen atoms in total. The van der Waals surface area contributed by atoms with Gasteiger partial charge in [-0.1, -0.05) is 75.0 Å². The molecule has 0 heterocycles. The summed E-state index contributed by atoms with van der Waals surface area (Å²) in [7, 11) is -6.33. The van der Waals surface area contributed by atoms with Crippen LogP contribution >= 0.6 is 0 Å². The standard InChI is InChI=1S/C26H57NO5Si3/c1-17-18-29-22(28)27-26(19-30-33(11,12)23(2,3)4,20-31-34(13,14)24(5,6)7)21-32-35(15,16)25(8,9)10/h17H,1,18-21H2,2-16H3,(H,27,28). The first kappa shape index (κ1) is 34.5. The van der Waals surface area contributed by atoms with Crippen LogP contribution in [0.4, 0.5) is 4.79 Å². The van der Waals surface area contributed by atoms with E-state index in [0.717, 1.165) is 0 Å². The van der Waals surface area contributed by atoms with E-state index in [4.69, 9.17) is 18.0 Å². The Kier molecular flexibility index (Phi) is 11.8. The molecular weight excluding hydrogens is 491 g/mol. The lowest BCUT2D eigenvalue weighted by Crippen LogP contribution is -2.63. The Morgan fingerprint density at radius 3 is 1.20 bits per heavy atom. The summed E-state index contributed by atoms with van der Waals surface area (Å²) in [5.74, 6) is 0. The van der Waals surface area contributed by atoms with Crippen molar-refractivity contribution in [2.75, 3.05) is 26.4 Å². The lowest BCUT2D eigenvalue weighted by Gasteiger charge is -2.45. The first-order valence-electron chi connectivity index (χ1n) is 12.8. The topological polar surface area (TPSA) is 66.0 Å². The van der Waals surface area contributed by atoms with E-state index in [0.29, 0.717) is 19.8 Å². The molecule has 0 aliphatic carbocycles. The summed E-state index contributed by atoms with van der Waals surface area (Å²) in [5, 5.41) is 3.21. The van der Waals surface area contributed by atoms with Crippen LogP contribution in [0.15, 0.2) is 12.7 Å². The third-order valence-corrected chi connectivity index (χ3v) is 21.7. The minimum absolute atomic E-state index is 0.0304. The Morgan fingerprint density at radius 1 is 0.686 bits per heavy atom. The van der Waals surface area contributed by atoms with Gasteiger partial charge in [0.25, 0.3) is 0 Å². The first-order valence-corrected chi connectivity index (χ1v) is 21.5. The zero-order chi connectivity index (χ0) is 28.1. The third-order valence-electron chi connectivity index (χ3n) is 8.25. The number of rotatable bonds is 12. The van der Waals surface area contributed by atoms with Crippen molar-refractivity contribution in [3.63, 3.8) is 0 Å². The maximum atomic E-state index is 12.9. The van der Waals surface area contributed by atoms with Gasteiger partial charge in [0.2, 0.25) is 0 Å². The van der Waals surface area contributed by atoms with Crippen LogP contribution in [0, 0.1) is 0 Å². The number of hydrogen-bond donors (Lipinski definition) is 1. The van der Waals surface area contributed by atoms with E-state index < -0.39 is 36.6 Å².